The van der Waals surface area contributed by atoms with E-state index in [1.807, 2.05) is 24.3 Å². The third-order valence-electron chi connectivity index (χ3n) is 3.05. The van der Waals surface area contributed by atoms with Crippen LogP contribution in [0.5, 0.6) is 0 Å². The number of benzene rings is 2. The summed E-state index contributed by atoms with van der Waals surface area (Å²) in [4.78, 5) is 4.10. The molecule has 3 nitrogen and oxygen atoms in total. The Balaban J connectivity index is 2.09. The van der Waals surface area contributed by atoms with E-state index in [2.05, 4.69) is 10.3 Å². The fourth-order valence-corrected chi connectivity index (χ4v) is 2.51. The van der Waals surface area contributed by atoms with Crippen molar-refractivity contribution in [1.29, 1.82) is 0 Å². The molecule has 0 fully saturated rings. The molecular formula is C15H11Cl2N3. The Bertz CT molecular complexity index is 787. The Morgan fingerprint density at radius 2 is 1.75 bits per heavy atom. The Labute approximate surface area is 126 Å². The summed E-state index contributed by atoms with van der Waals surface area (Å²) < 4.78 is 0. The van der Waals surface area contributed by atoms with Crippen molar-refractivity contribution in [3.63, 3.8) is 0 Å². The highest BCUT2D eigenvalue weighted by atomic mass is 35.5. The van der Waals surface area contributed by atoms with Crippen molar-refractivity contribution in [2.24, 2.45) is 0 Å². The van der Waals surface area contributed by atoms with E-state index in [1.165, 1.54) is 0 Å². The highest BCUT2D eigenvalue weighted by Gasteiger charge is 2.06. The number of nitrogen functional groups attached to an aromatic ring is 1. The Kier molecular flexibility index (Phi) is 3.38. The number of hydrogen-bond acceptors (Lipinski definition) is 3. The zero-order valence-corrected chi connectivity index (χ0v) is 11.9. The van der Waals surface area contributed by atoms with E-state index in [0.717, 1.165) is 22.1 Å². The second-order valence-corrected chi connectivity index (χ2v) is 5.22. The van der Waals surface area contributed by atoms with Crippen LogP contribution in [0.15, 0.2) is 48.8 Å². The van der Waals surface area contributed by atoms with Gasteiger partial charge in [-0.1, -0.05) is 23.2 Å². The average Bonchev–Trinajstić information content (AvgIpc) is 2.45. The molecular weight excluding hydrogens is 293 g/mol. The number of aromatic nitrogens is 1. The minimum absolute atomic E-state index is 0.566. The van der Waals surface area contributed by atoms with E-state index in [9.17, 15) is 0 Å². The number of nitrogens with two attached hydrogens (primary N) is 1. The molecule has 0 unspecified atom stereocenters. The van der Waals surface area contributed by atoms with Crippen LogP contribution in [0.3, 0.4) is 0 Å². The Hall–Kier alpha value is -1.97. The molecule has 0 atom stereocenters. The first-order chi connectivity index (χ1) is 9.65. The molecule has 2 aromatic carbocycles. The molecule has 5 heteroatoms. The monoisotopic (exact) mass is 303 g/mol. The number of anilines is 3. The third kappa shape index (κ3) is 2.38. The van der Waals surface area contributed by atoms with Gasteiger partial charge in [0, 0.05) is 39.6 Å². The van der Waals surface area contributed by atoms with Crippen LogP contribution < -0.4 is 11.1 Å². The average molecular weight is 304 g/mol. The molecule has 0 aliphatic rings. The van der Waals surface area contributed by atoms with Crippen molar-refractivity contribution in [2.45, 2.75) is 0 Å². The molecule has 0 aliphatic carbocycles. The van der Waals surface area contributed by atoms with Crippen LogP contribution in [0.25, 0.3) is 10.8 Å². The summed E-state index contributed by atoms with van der Waals surface area (Å²) >= 11 is 12.1. The maximum atomic E-state index is 6.18. The SMILES string of the molecule is Nc1ccc(Nc2ccc(Cl)cc2Cl)c2ccncc12. The summed E-state index contributed by atoms with van der Waals surface area (Å²) in [5.41, 5.74) is 8.36. The Morgan fingerprint density at radius 1 is 0.950 bits per heavy atom. The van der Waals surface area contributed by atoms with Gasteiger partial charge in [0.25, 0.3) is 0 Å². The number of hydrogen-bond donors (Lipinski definition) is 2. The van der Waals surface area contributed by atoms with Crippen molar-refractivity contribution in [2.75, 3.05) is 11.1 Å². The van der Waals surface area contributed by atoms with Crippen molar-refractivity contribution in [1.82, 2.24) is 4.98 Å². The summed E-state index contributed by atoms with van der Waals surface area (Å²) in [7, 11) is 0. The standard InChI is InChI=1S/C15H11Cl2N3/c16-9-1-3-15(12(17)7-9)20-14-4-2-13(18)11-8-19-6-5-10(11)14/h1-8,20H,18H2. The van der Waals surface area contributed by atoms with Crippen molar-refractivity contribution < 1.29 is 0 Å². The molecule has 20 heavy (non-hydrogen) atoms. The first-order valence-corrected chi connectivity index (χ1v) is 6.75. The predicted octanol–water partition coefficient (Wildman–Crippen LogP) is 4.87. The van der Waals surface area contributed by atoms with Crippen molar-refractivity contribution in [3.05, 3.63) is 58.8 Å². The number of fused-ring (bicyclic) bond motifs is 1. The number of rotatable bonds is 2. The lowest BCUT2D eigenvalue weighted by atomic mass is 10.1. The molecule has 0 spiro atoms. The summed E-state index contributed by atoms with van der Waals surface area (Å²) in [5, 5.41) is 6.36. The molecule has 100 valence electrons. The van der Waals surface area contributed by atoms with E-state index in [-0.39, 0.29) is 0 Å². The number of nitrogens with zero attached hydrogens (tertiary/aromatic N) is 1. The zero-order valence-electron chi connectivity index (χ0n) is 10.4. The molecule has 0 saturated carbocycles. The van der Waals surface area contributed by atoms with Gasteiger partial charge in [-0.3, -0.25) is 4.98 Å². The Morgan fingerprint density at radius 3 is 2.55 bits per heavy atom. The largest absolute Gasteiger partial charge is 0.398 e. The quantitative estimate of drug-likeness (QED) is 0.664. The van der Waals surface area contributed by atoms with E-state index >= 15 is 0 Å². The number of nitrogens with one attached hydrogen (secondary N) is 1. The minimum Gasteiger partial charge on any atom is -0.398 e. The van der Waals surface area contributed by atoms with Gasteiger partial charge in [-0.2, -0.15) is 0 Å². The van der Waals surface area contributed by atoms with Crippen LogP contribution in [0.1, 0.15) is 0 Å². The van der Waals surface area contributed by atoms with Gasteiger partial charge < -0.3 is 11.1 Å². The lowest BCUT2D eigenvalue weighted by Crippen LogP contribution is -1.95. The molecule has 0 radical (unpaired) electrons. The molecule has 1 aromatic heterocycles. The highest BCUT2D eigenvalue weighted by molar-refractivity contribution is 6.36. The topological polar surface area (TPSA) is 50.9 Å². The van der Waals surface area contributed by atoms with Gasteiger partial charge in [0.2, 0.25) is 0 Å². The van der Waals surface area contributed by atoms with Crippen LogP contribution in [0, 0.1) is 0 Å². The highest BCUT2D eigenvalue weighted by Crippen LogP contribution is 2.33. The van der Waals surface area contributed by atoms with E-state index < -0.39 is 0 Å². The van der Waals surface area contributed by atoms with Crippen LogP contribution in [-0.4, -0.2) is 4.98 Å². The fourth-order valence-electron chi connectivity index (χ4n) is 2.06. The maximum absolute atomic E-state index is 6.18. The molecule has 0 saturated heterocycles. The second-order valence-electron chi connectivity index (χ2n) is 4.37. The second kappa shape index (κ2) is 5.19. The summed E-state index contributed by atoms with van der Waals surface area (Å²) in [6.07, 6.45) is 3.48. The molecule has 0 bridgehead atoms. The predicted molar refractivity (Wildman–Crippen MR) is 85.9 cm³/mol. The lowest BCUT2D eigenvalue weighted by molar-refractivity contribution is 1.36. The van der Waals surface area contributed by atoms with Gasteiger partial charge >= 0.3 is 0 Å². The normalized spacial score (nSPS) is 10.7. The first kappa shape index (κ1) is 13.0. The van der Waals surface area contributed by atoms with Gasteiger partial charge in [0.1, 0.15) is 0 Å². The van der Waals surface area contributed by atoms with Gasteiger partial charge in [-0.05, 0) is 36.4 Å². The van der Waals surface area contributed by atoms with Crippen molar-refractivity contribution in [3.8, 4) is 0 Å². The number of pyridine rings is 1. The van der Waals surface area contributed by atoms with Gasteiger partial charge in [0.05, 0.1) is 10.7 Å². The smallest absolute Gasteiger partial charge is 0.0655 e. The van der Waals surface area contributed by atoms with Gasteiger partial charge in [-0.25, -0.2) is 0 Å². The van der Waals surface area contributed by atoms with Crippen LogP contribution in [0.2, 0.25) is 10.0 Å². The summed E-state index contributed by atoms with van der Waals surface area (Å²) in [6, 6.07) is 11.0. The van der Waals surface area contributed by atoms with E-state index in [1.54, 1.807) is 24.5 Å². The zero-order chi connectivity index (χ0) is 14.1. The molecule has 3 aromatic rings. The molecule has 0 aliphatic heterocycles. The van der Waals surface area contributed by atoms with Crippen LogP contribution >= 0.6 is 23.2 Å². The van der Waals surface area contributed by atoms with Crippen LogP contribution in [0.4, 0.5) is 17.1 Å². The van der Waals surface area contributed by atoms with Crippen LogP contribution in [-0.2, 0) is 0 Å². The lowest BCUT2D eigenvalue weighted by Gasteiger charge is -2.12. The van der Waals surface area contributed by atoms with E-state index in [4.69, 9.17) is 28.9 Å². The molecule has 3 rings (SSSR count). The fraction of sp³-hybridized carbons (Fsp3) is 0. The summed E-state index contributed by atoms with van der Waals surface area (Å²) in [5.74, 6) is 0. The van der Waals surface area contributed by atoms with E-state index in [0.29, 0.717) is 15.7 Å². The van der Waals surface area contributed by atoms with Crippen molar-refractivity contribution >= 4 is 51.0 Å². The minimum atomic E-state index is 0.566. The summed E-state index contributed by atoms with van der Waals surface area (Å²) in [6.45, 7) is 0. The van der Waals surface area contributed by atoms with Gasteiger partial charge in [-0.15, -0.1) is 0 Å². The molecule has 0 amide bonds. The molecule has 1 heterocycles. The molecule has 3 N–H and O–H groups in total. The third-order valence-corrected chi connectivity index (χ3v) is 3.60. The first-order valence-electron chi connectivity index (χ1n) is 5.99. The number of halogens is 2. The van der Waals surface area contributed by atoms with Gasteiger partial charge in [0.15, 0.2) is 0 Å². The maximum Gasteiger partial charge on any atom is 0.0655 e.